The monoisotopic (exact) mass is 497 g/mol. The van der Waals surface area contributed by atoms with Crippen molar-refractivity contribution in [2.24, 2.45) is 10.3 Å². The van der Waals surface area contributed by atoms with E-state index in [4.69, 9.17) is 0 Å². The Kier molecular flexibility index (Phi) is 5.15. The van der Waals surface area contributed by atoms with Crippen molar-refractivity contribution in [3.8, 4) is 0 Å². The summed E-state index contributed by atoms with van der Waals surface area (Å²) in [5.41, 5.74) is 1.93. The van der Waals surface area contributed by atoms with E-state index in [1.165, 1.54) is 15.3 Å². The largest absolute Gasteiger partial charge is 0.355 e. The van der Waals surface area contributed by atoms with E-state index in [2.05, 4.69) is 38.3 Å². The summed E-state index contributed by atoms with van der Waals surface area (Å²) in [6, 6.07) is 13.3. The maximum absolute atomic E-state index is 13.7. The van der Waals surface area contributed by atoms with Gasteiger partial charge in [-0.25, -0.2) is 0 Å². The van der Waals surface area contributed by atoms with Gasteiger partial charge in [0.1, 0.15) is 4.90 Å². The first-order valence-corrected chi connectivity index (χ1v) is 14.3. The van der Waals surface area contributed by atoms with Crippen LogP contribution in [0.15, 0.2) is 62.5 Å². The molecule has 0 bridgehead atoms. The van der Waals surface area contributed by atoms with E-state index in [0.29, 0.717) is 37.3 Å². The SMILES string of the molecule is O=C(C1CCN(C2=NS(=O)(=O)c3ccccc32)CC1)N1CCc2sccc2C1c1cccs1. The zero-order valence-electron chi connectivity index (χ0n) is 17.9. The van der Waals surface area contributed by atoms with Crippen molar-refractivity contribution in [3.63, 3.8) is 0 Å². The van der Waals surface area contributed by atoms with Crippen LogP contribution in [0.4, 0.5) is 0 Å². The molecule has 33 heavy (non-hydrogen) atoms. The molecule has 3 aromatic rings. The zero-order chi connectivity index (χ0) is 22.6. The van der Waals surface area contributed by atoms with Crippen LogP contribution in [-0.2, 0) is 21.2 Å². The van der Waals surface area contributed by atoms with Crippen LogP contribution in [0, 0.1) is 5.92 Å². The second kappa shape index (κ2) is 8.07. The number of carbonyl (C=O) groups excluding carboxylic acids is 1. The highest BCUT2D eigenvalue weighted by molar-refractivity contribution is 7.90. The fourth-order valence-electron chi connectivity index (χ4n) is 5.20. The molecule has 1 unspecified atom stereocenters. The lowest BCUT2D eigenvalue weighted by Crippen LogP contribution is -2.47. The van der Waals surface area contributed by atoms with Gasteiger partial charge in [-0.15, -0.1) is 27.1 Å². The van der Waals surface area contributed by atoms with Gasteiger partial charge in [0.25, 0.3) is 10.0 Å². The molecule has 0 spiro atoms. The summed E-state index contributed by atoms with van der Waals surface area (Å²) in [7, 11) is -3.63. The molecule has 1 saturated heterocycles. The summed E-state index contributed by atoms with van der Waals surface area (Å²) >= 11 is 3.49. The molecular formula is C24H23N3O3S3. The minimum absolute atomic E-state index is 0.00163. The Labute approximate surface area is 201 Å². The summed E-state index contributed by atoms with van der Waals surface area (Å²) in [6.07, 6.45) is 2.30. The summed E-state index contributed by atoms with van der Waals surface area (Å²) in [6.45, 7) is 1.99. The van der Waals surface area contributed by atoms with Gasteiger partial charge in [0.15, 0.2) is 5.84 Å². The van der Waals surface area contributed by atoms with E-state index in [1.807, 2.05) is 17.0 Å². The number of amidine groups is 1. The average Bonchev–Trinajstić information content (AvgIpc) is 3.58. The van der Waals surface area contributed by atoms with Gasteiger partial charge in [-0.2, -0.15) is 8.42 Å². The molecule has 2 aromatic heterocycles. The molecule has 6 rings (SSSR count). The molecule has 1 amide bonds. The molecule has 3 aliphatic rings. The van der Waals surface area contributed by atoms with E-state index in [1.54, 1.807) is 34.8 Å². The Balaban J connectivity index is 1.21. The van der Waals surface area contributed by atoms with Crippen molar-refractivity contribution in [2.75, 3.05) is 19.6 Å². The minimum atomic E-state index is -3.63. The molecule has 170 valence electrons. The van der Waals surface area contributed by atoms with Crippen molar-refractivity contribution >= 4 is 44.4 Å². The standard InChI is InChI=1S/C24H23N3O3S3/c28-24(27-13-9-19-17(10-15-32-19)22(27)20-5-3-14-31-20)16-7-11-26(12-8-16)23-18-4-1-2-6-21(18)33(29,30)25-23/h1-6,10,14-16,22H,7-9,11-13H2. The van der Waals surface area contributed by atoms with E-state index in [9.17, 15) is 13.2 Å². The highest BCUT2D eigenvalue weighted by Gasteiger charge is 2.39. The first-order chi connectivity index (χ1) is 16.0. The van der Waals surface area contributed by atoms with Crippen LogP contribution < -0.4 is 0 Å². The predicted molar refractivity (Wildman–Crippen MR) is 130 cm³/mol. The van der Waals surface area contributed by atoms with Gasteiger partial charge >= 0.3 is 0 Å². The molecule has 1 aromatic carbocycles. The van der Waals surface area contributed by atoms with Crippen LogP contribution in [-0.4, -0.2) is 49.6 Å². The van der Waals surface area contributed by atoms with Crippen LogP contribution in [0.1, 0.15) is 39.8 Å². The molecule has 0 radical (unpaired) electrons. The maximum Gasteiger partial charge on any atom is 0.285 e. The molecule has 0 aliphatic carbocycles. The summed E-state index contributed by atoms with van der Waals surface area (Å²) in [5, 5.41) is 4.21. The van der Waals surface area contributed by atoms with Gasteiger partial charge in [-0.3, -0.25) is 4.79 Å². The molecule has 0 saturated carbocycles. The second-order valence-corrected chi connectivity index (χ2v) is 12.2. The van der Waals surface area contributed by atoms with Crippen LogP contribution in [0.5, 0.6) is 0 Å². The Morgan fingerprint density at radius 2 is 1.79 bits per heavy atom. The lowest BCUT2D eigenvalue weighted by molar-refractivity contribution is -0.138. The molecule has 3 aliphatic heterocycles. The number of piperidine rings is 1. The first kappa shape index (κ1) is 21.1. The normalized spacial score (nSPS) is 22.1. The first-order valence-electron chi connectivity index (χ1n) is 11.1. The number of rotatable bonds is 2. The van der Waals surface area contributed by atoms with E-state index < -0.39 is 10.0 Å². The molecule has 1 atom stereocenters. The number of hydrogen-bond acceptors (Lipinski definition) is 6. The number of thiophene rings is 2. The number of carbonyl (C=O) groups is 1. The van der Waals surface area contributed by atoms with E-state index >= 15 is 0 Å². The van der Waals surface area contributed by atoms with Crippen LogP contribution >= 0.6 is 22.7 Å². The Morgan fingerprint density at radius 1 is 0.970 bits per heavy atom. The number of fused-ring (bicyclic) bond motifs is 2. The van der Waals surface area contributed by atoms with Crippen LogP contribution in [0.2, 0.25) is 0 Å². The van der Waals surface area contributed by atoms with Crippen molar-refractivity contribution in [3.05, 3.63) is 74.1 Å². The maximum atomic E-state index is 13.7. The number of likely N-dealkylation sites (tertiary alicyclic amines) is 1. The molecule has 9 heteroatoms. The summed E-state index contributed by atoms with van der Waals surface area (Å²) in [4.78, 5) is 20.7. The van der Waals surface area contributed by atoms with Crippen LogP contribution in [0.25, 0.3) is 0 Å². The van der Waals surface area contributed by atoms with Gasteiger partial charge in [0, 0.05) is 40.9 Å². The molecule has 0 N–H and O–H groups in total. The average molecular weight is 498 g/mol. The molecule has 1 fully saturated rings. The van der Waals surface area contributed by atoms with E-state index in [0.717, 1.165) is 13.0 Å². The van der Waals surface area contributed by atoms with E-state index in [-0.39, 0.29) is 22.8 Å². The molecule has 5 heterocycles. The third-order valence-corrected chi connectivity index (χ3v) is 10.1. The lowest BCUT2D eigenvalue weighted by Gasteiger charge is -2.40. The van der Waals surface area contributed by atoms with Crippen molar-refractivity contribution < 1.29 is 13.2 Å². The number of amides is 1. The fourth-order valence-corrected chi connectivity index (χ4v) is 8.18. The van der Waals surface area contributed by atoms with Gasteiger partial charge in [0.05, 0.1) is 6.04 Å². The highest BCUT2D eigenvalue weighted by atomic mass is 32.2. The van der Waals surface area contributed by atoms with Gasteiger partial charge in [-0.1, -0.05) is 18.2 Å². The Bertz CT molecular complexity index is 1340. The van der Waals surface area contributed by atoms with Crippen LogP contribution in [0.3, 0.4) is 0 Å². The van der Waals surface area contributed by atoms with Gasteiger partial charge < -0.3 is 9.80 Å². The Morgan fingerprint density at radius 3 is 2.58 bits per heavy atom. The molecule has 6 nitrogen and oxygen atoms in total. The quantitative estimate of drug-likeness (QED) is 0.534. The van der Waals surface area contributed by atoms with Gasteiger partial charge in [0.2, 0.25) is 5.91 Å². The fraction of sp³-hybridized carbons (Fsp3) is 0.333. The zero-order valence-corrected chi connectivity index (χ0v) is 20.3. The minimum Gasteiger partial charge on any atom is -0.355 e. The highest BCUT2D eigenvalue weighted by Crippen LogP contribution is 2.41. The van der Waals surface area contributed by atoms with Crippen molar-refractivity contribution in [1.29, 1.82) is 0 Å². The Hall–Kier alpha value is -2.49. The number of hydrogen-bond donors (Lipinski definition) is 0. The van der Waals surface area contributed by atoms with Crippen molar-refractivity contribution in [1.82, 2.24) is 9.80 Å². The number of nitrogens with zero attached hydrogens (tertiary/aromatic N) is 3. The third-order valence-electron chi connectivity index (χ3n) is 6.82. The van der Waals surface area contributed by atoms with Crippen molar-refractivity contribution in [2.45, 2.75) is 30.2 Å². The smallest absolute Gasteiger partial charge is 0.285 e. The summed E-state index contributed by atoms with van der Waals surface area (Å²) in [5.74, 6) is 0.679. The topological polar surface area (TPSA) is 70.0 Å². The lowest BCUT2D eigenvalue weighted by atomic mass is 9.91. The number of sulfonamides is 1. The third kappa shape index (κ3) is 3.53. The summed E-state index contributed by atoms with van der Waals surface area (Å²) < 4.78 is 28.9. The van der Waals surface area contributed by atoms with Gasteiger partial charge in [-0.05, 0) is 59.9 Å². The predicted octanol–water partition coefficient (Wildman–Crippen LogP) is 4.14. The number of benzene rings is 1. The second-order valence-electron chi connectivity index (χ2n) is 8.65. The molecular weight excluding hydrogens is 474 g/mol.